The molecule has 2 aromatic heterocycles. The molecule has 5 rings (SSSR count). The number of pyridine rings is 1. The number of ether oxygens (including phenoxy) is 1. The van der Waals surface area contributed by atoms with Crippen molar-refractivity contribution >= 4 is 23.3 Å². The van der Waals surface area contributed by atoms with Crippen LogP contribution in [-0.4, -0.2) is 30.2 Å². The fourth-order valence-corrected chi connectivity index (χ4v) is 4.08. The molecule has 194 valence electrons. The lowest BCUT2D eigenvalue weighted by atomic mass is 10.2. The Kier molecular flexibility index (Phi) is 6.93. The fourth-order valence-electron chi connectivity index (χ4n) is 3.96. The molecule has 0 spiro atoms. The van der Waals surface area contributed by atoms with Gasteiger partial charge in [0.15, 0.2) is 0 Å². The second-order valence-corrected chi connectivity index (χ2v) is 9.26. The number of nitrogens with zero attached hydrogens (tertiary/aromatic N) is 4. The Morgan fingerprint density at radius 3 is 2.47 bits per heavy atom. The van der Waals surface area contributed by atoms with Gasteiger partial charge in [-0.3, -0.25) is 14.3 Å². The molecule has 1 aliphatic carbocycles. The number of aromatic nitrogens is 4. The molecule has 38 heavy (non-hydrogen) atoms. The zero-order valence-electron chi connectivity index (χ0n) is 19.8. The van der Waals surface area contributed by atoms with Gasteiger partial charge in [-0.25, -0.2) is 28.5 Å². The van der Waals surface area contributed by atoms with Crippen LogP contribution >= 0.6 is 11.6 Å². The van der Waals surface area contributed by atoms with Crippen molar-refractivity contribution in [1.82, 2.24) is 19.1 Å². The SMILES string of the molecule is O=C(O)C1C[C@H]1Cn1c(=O)[nH]c(=Nc2ccc(Oc3ccc(F)cn3)cc2)n(Cc2ccc(Cl)cc2)c1=O. The van der Waals surface area contributed by atoms with Gasteiger partial charge in [-0.05, 0) is 60.4 Å². The van der Waals surface area contributed by atoms with Gasteiger partial charge < -0.3 is 9.84 Å². The molecule has 2 aromatic carbocycles. The summed E-state index contributed by atoms with van der Waals surface area (Å²) in [5, 5.41) is 9.74. The van der Waals surface area contributed by atoms with Crippen molar-refractivity contribution in [1.29, 1.82) is 0 Å². The molecule has 2 heterocycles. The highest BCUT2D eigenvalue weighted by atomic mass is 35.5. The molecule has 2 N–H and O–H groups in total. The number of aromatic amines is 1. The molecule has 4 aromatic rings. The summed E-state index contributed by atoms with van der Waals surface area (Å²) in [6.45, 7) is 0.0888. The molecule has 2 atom stereocenters. The highest BCUT2D eigenvalue weighted by Gasteiger charge is 2.43. The first-order valence-corrected chi connectivity index (χ1v) is 12.0. The third-order valence-electron chi connectivity index (χ3n) is 6.09. The highest BCUT2D eigenvalue weighted by molar-refractivity contribution is 6.30. The van der Waals surface area contributed by atoms with Gasteiger partial charge in [0, 0.05) is 17.6 Å². The first kappa shape index (κ1) is 25.2. The number of aliphatic carboxylic acids is 1. The lowest BCUT2D eigenvalue weighted by Crippen LogP contribution is -2.50. The fraction of sp³-hybridized carbons (Fsp3) is 0.192. The summed E-state index contributed by atoms with van der Waals surface area (Å²) >= 11 is 5.99. The van der Waals surface area contributed by atoms with E-state index in [1.165, 1.54) is 16.7 Å². The number of nitrogens with one attached hydrogen (secondary N) is 1. The lowest BCUT2D eigenvalue weighted by Gasteiger charge is -2.11. The first-order chi connectivity index (χ1) is 18.3. The van der Waals surface area contributed by atoms with Crippen molar-refractivity contribution in [2.75, 3.05) is 0 Å². The molecule has 12 heteroatoms. The van der Waals surface area contributed by atoms with E-state index in [9.17, 15) is 23.9 Å². The van der Waals surface area contributed by atoms with E-state index in [1.807, 2.05) is 0 Å². The third-order valence-corrected chi connectivity index (χ3v) is 6.34. The molecule has 1 saturated carbocycles. The highest BCUT2D eigenvalue weighted by Crippen LogP contribution is 2.39. The summed E-state index contributed by atoms with van der Waals surface area (Å²) in [6.07, 6.45) is 1.45. The Bertz CT molecular complexity index is 1660. The normalized spacial score (nSPS) is 16.8. The molecule has 0 bridgehead atoms. The minimum absolute atomic E-state index is 0.00448. The van der Waals surface area contributed by atoms with Gasteiger partial charge >= 0.3 is 17.3 Å². The van der Waals surface area contributed by atoms with Gasteiger partial charge in [-0.1, -0.05) is 23.7 Å². The van der Waals surface area contributed by atoms with E-state index < -0.39 is 29.1 Å². The Hall–Kier alpha value is -4.51. The maximum absolute atomic E-state index is 13.4. The van der Waals surface area contributed by atoms with E-state index in [4.69, 9.17) is 16.3 Å². The second kappa shape index (κ2) is 10.5. The molecule has 10 nitrogen and oxygen atoms in total. The van der Waals surface area contributed by atoms with Gasteiger partial charge in [-0.15, -0.1) is 0 Å². The number of hydrogen-bond acceptors (Lipinski definition) is 6. The lowest BCUT2D eigenvalue weighted by molar-refractivity contribution is -0.138. The minimum atomic E-state index is -0.942. The van der Waals surface area contributed by atoms with Crippen LogP contribution in [0.25, 0.3) is 0 Å². The largest absolute Gasteiger partial charge is 0.481 e. The molecule has 0 radical (unpaired) electrons. The smallest absolute Gasteiger partial charge is 0.335 e. The maximum Gasteiger partial charge on any atom is 0.335 e. The summed E-state index contributed by atoms with van der Waals surface area (Å²) in [4.78, 5) is 48.5. The number of halogens is 2. The molecule has 1 aliphatic rings. The maximum atomic E-state index is 13.4. The van der Waals surface area contributed by atoms with Gasteiger partial charge in [-0.2, -0.15) is 0 Å². The summed E-state index contributed by atoms with van der Waals surface area (Å²) < 4.78 is 21.0. The Labute approximate surface area is 219 Å². The minimum Gasteiger partial charge on any atom is -0.481 e. The molecule has 1 unspecified atom stereocenters. The van der Waals surface area contributed by atoms with Crippen LogP contribution in [0, 0.1) is 17.7 Å². The number of carboxylic acids is 1. The topological polar surface area (TPSA) is 132 Å². The van der Waals surface area contributed by atoms with Gasteiger partial charge in [0.2, 0.25) is 11.5 Å². The number of carbonyl (C=O) groups is 1. The Morgan fingerprint density at radius 2 is 1.84 bits per heavy atom. The number of benzene rings is 2. The van der Waals surface area contributed by atoms with E-state index >= 15 is 0 Å². The molecular formula is C26H21ClFN5O5. The van der Waals surface area contributed by atoms with E-state index in [-0.39, 0.29) is 30.5 Å². The van der Waals surface area contributed by atoms with Crippen LogP contribution in [0.5, 0.6) is 11.6 Å². The van der Waals surface area contributed by atoms with Crippen molar-refractivity contribution in [2.24, 2.45) is 16.8 Å². The molecule has 0 amide bonds. The van der Waals surface area contributed by atoms with Crippen molar-refractivity contribution in [2.45, 2.75) is 19.5 Å². The van der Waals surface area contributed by atoms with Gasteiger partial charge in [0.05, 0.1) is 24.3 Å². The summed E-state index contributed by atoms with van der Waals surface area (Å²) in [7, 11) is 0. The van der Waals surface area contributed by atoms with Crippen LogP contribution in [0.3, 0.4) is 0 Å². The number of rotatable bonds is 8. The quantitative estimate of drug-likeness (QED) is 0.354. The van der Waals surface area contributed by atoms with Gasteiger partial charge in [0.25, 0.3) is 0 Å². The van der Waals surface area contributed by atoms with Gasteiger partial charge in [0.1, 0.15) is 11.6 Å². The van der Waals surface area contributed by atoms with E-state index in [1.54, 1.807) is 48.5 Å². The number of hydrogen-bond donors (Lipinski definition) is 2. The average molecular weight is 538 g/mol. The second-order valence-electron chi connectivity index (χ2n) is 8.82. The number of carboxylic acid groups (broad SMARTS) is 1. The molecular weight excluding hydrogens is 517 g/mol. The summed E-state index contributed by atoms with van der Waals surface area (Å²) in [5.41, 5.74) is -0.0990. The van der Waals surface area contributed by atoms with Crippen LogP contribution < -0.4 is 21.7 Å². The summed E-state index contributed by atoms with van der Waals surface area (Å²) in [6, 6.07) is 16.0. The zero-order chi connectivity index (χ0) is 26.8. The van der Waals surface area contributed by atoms with Crippen LogP contribution in [0.4, 0.5) is 10.1 Å². The van der Waals surface area contributed by atoms with Crippen molar-refractivity contribution in [3.05, 3.63) is 110 Å². The van der Waals surface area contributed by atoms with Crippen LogP contribution in [0.15, 0.2) is 81.4 Å². The Morgan fingerprint density at radius 1 is 1.11 bits per heavy atom. The van der Waals surface area contributed by atoms with Crippen molar-refractivity contribution < 1.29 is 19.0 Å². The molecule has 0 aliphatic heterocycles. The standard InChI is InChI=1S/C26H21ClFN5O5/c27-17-3-1-15(2-4-17)13-32-24(31-25(36)33(26(32)37)14-16-11-21(16)23(34)35)30-19-6-8-20(9-7-19)38-22-10-5-18(28)12-29-22/h1-10,12,16,21H,11,13-14H2,(H,34,35)(H,30,31,36)/t16-,21?/m0/s1. The number of H-pyrrole nitrogens is 1. The summed E-state index contributed by atoms with van der Waals surface area (Å²) in [5.74, 6) is -1.64. The molecule has 1 fully saturated rings. The predicted octanol–water partition coefficient (Wildman–Crippen LogP) is 3.32. The van der Waals surface area contributed by atoms with Crippen molar-refractivity contribution in [3.8, 4) is 11.6 Å². The average Bonchev–Trinajstić information content (AvgIpc) is 3.68. The van der Waals surface area contributed by atoms with E-state index in [0.29, 0.717) is 22.9 Å². The third kappa shape index (κ3) is 5.73. The first-order valence-electron chi connectivity index (χ1n) is 11.6. The monoisotopic (exact) mass is 537 g/mol. The van der Waals surface area contributed by atoms with Crippen molar-refractivity contribution in [3.63, 3.8) is 0 Å². The van der Waals surface area contributed by atoms with Crippen LogP contribution in [0.1, 0.15) is 12.0 Å². The van der Waals surface area contributed by atoms with E-state index in [0.717, 1.165) is 16.3 Å². The van der Waals surface area contributed by atoms with Crippen LogP contribution in [0.2, 0.25) is 5.02 Å². The zero-order valence-corrected chi connectivity index (χ0v) is 20.5. The van der Waals surface area contributed by atoms with Crippen LogP contribution in [-0.2, 0) is 17.9 Å². The predicted molar refractivity (Wildman–Crippen MR) is 135 cm³/mol. The molecule has 0 saturated heterocycles. The van der Waals surface area contributed by atoms with E-state index in [2.05, 4.69) is 15.0 Å². The Balaban J connectivity index is 1.49.